The molecule has 1 N–H and O–H groups in total. The maximum Gasteiger partial charge on any atom is 0.404 e. The van der Waals surface area contributed by atoms with Crippen LogP contribution in [0, 0.1) is 0 Å². The molecule has 0 aliphatic carbocycles. The zero-order chi connectivity index (χ0) is 13.2. The zero-order valence-electron chi connectivity index (χ0n) is 9.70. The smallest absolute Gasteiger partial charge is 0.404 e. The van der Waals surface area contributed by atoms with E-state index in [2.05, 4.69) is 0 Å². The molecule has 1 fully saturated rings. The Morgan fingerprint density at radius 3 is 2.24 bits per heavy atom. The van der Waals surface area contributed by atoms with Crippen LogP contribution in [0.15, 0.2) is 0 Å². The molecule has 0 radical (unpaired) electrons. The number of carbonyl (C=O) groups is 1. The second-order valence-electron chi connectivity index (χ2n) is 4.37. The van der Waals surface area contributed by atoms with Crippen LogP contribution in [0.5, 0.6) is 0 Å². The summed E-state index contributed by atoms with van der Waals surface area (Å²) in [5.74, 6) is -1.45. The van der Waals surface area contributed by atoms with Crippen LogP contribution in [0.1, 0.15) is 20.3 Å². The Bertz CT molecular complexity index is 272. The van der Waals surface area contributed by atoms with Crippen molar-refractivity contribution in [3.05, 3.63) is 0 Å². The van der Waals surface area contributed by atoms with Crippen LogP contribution in [0.2, 0.25) is 0 Å². The fourth-order valence-corrected chi connectivity index (χ4v) is 2.09. The SMILES string of the molecule is CC1CN(C(CC(=O)O)C(F)(F)F)CC(C)O1. The number of ether oxygens (including phenoxy) is 1. The first-order valence-electron chi connectivity index (χ1n) is 5.38. The summed E-state index contributed by atoms with van der Waals surface area (Å²) in [6.07, 6.45) is -6.10. The van der Waals surface area contributed by atoms with Gasteiger partial charge in [0.2, 0.25) is 0 Å². The topological polar surface area (TPSA) is 49.8 Å². The van der Waals surface area contributed by atoms with Crippen LogP contribution in [0.3, 0.4) is 0 Å². The second-order valence-corrected chi connectivity index (χ2v) is 4.37. The highest BCUT2D eigenvalue weighted by molar-refractivity contribution is 5.67. The summed E-state index contributed by atoms with van der Waals surface area (Å²) in [6, 6.07) is -1.94. The number of hydrogen-bond acceptors (Lipinski definition) is 3. The van der Waals surface area contributed by atoms with Crippen molar-refractivity contribution in [1.29, 1.82) is 0 Å². The van der Waals surface area contributed by atoms with Crippen molar-refractivity contribution >= 4 is 5.97 Å². The summed E-state index contributed by atoms with van der Waals surface area (Å²) in [6.45, 7) is 3.55. The Hall–Kier alpha value is -0.820. The molecule has 3 atom stereocenters. The van der Waals surface area contributed by atoms with Crippen molar-refractivity contribution in [3.8, 4) is 0 Å². The van der Waals surface area contributed by atoms with E-state index in [1.807, 2.05) is 0 Å². The van der Waals surface area contributed by atoms with Gasteiger partial charge in [-0.15, -0.1) is 0 Å². The molecule has 0 amide bonds. The third kappa shape index (κ3) is 4.16. The first-order valence-corrected chi connectivity index (χ1v) is 5.38. The number of hydrogen-bond donors (Lipinski definition) is 1. The predicted molar refractivity (Wildman–Crippen MR) is 53.7 cm³/mol. The first-order chi connectivity index (χ1) is 7.70. The van der Waals surface area contributed by atoms with Gasteiger partial charge < -0.3 is 9.84 Å². The minimum Gasteiger partial charge on any atom is -0.481 e. The predicted octanol–water partition coefficient (Wildman–Crippen LogP) is 1.50. The monoisotopic (exact) mass is 255 g/mol. The van der Waals surface area contributed by atoms with Crippen LogP contribution in [0.25, 0.3) is 0 Å². The van der Waals surface area contributed by atoms with Gasteiger partial charge in [-0.05, 0) is 13.8 Å². The van der Waals surface area contributed by atoms with E-state index in [-0.39, 0.29) is 25.3 Å². The third-order valence-corrected chi connectivity index (χ3v) is 2.63. The molecule has 17 heavy (non-hydrogen) atoms. The average Bonchev–Trinajstić information content (AvgIpc) is 2.10. The summed E-state index contributed by atoms with van der Waals surface area (Å²) in [7, 11) is 0. The van der Waals surface area contributed by atoms with E-state index >= 15 is 0 Å². The average molecular weight is 255 g/mol. The number of aliphatic carboxylic acids is 1. The lowest BCUT2D eigenvalue weighted by Gasteiger charge is -2.40. The number of carboxylic acid groups (broad SMARTS) is 1. The molecule has 0 aromatic rings. The van der Waals surface area contributed by atoms with Crippen molar-refractivity contribution in [1.82, 2.24) is 4.90 Å². The molecule has 1 saturated heterocycles. The van der Waals surface area contributed by atoms with Gasteiger partial charge in [0.15, 0.2) is 0 Å². The summed E-state index contributed by atoms with van der Waals surface area (Å²) in [5, 5.41) is 8.55. The molecule has 0 saturated carbocycles. The molecule has 1 aliphatic rings. The second kappa shape index (κ2) is 5.22. The van der Waals surface area contributed by atoms with Crippen molar-refractivity contribution < 1.29 is 27.8 Å². The molecule has 1 rings (SSSR count). The molecular weight excluding hydrogens is 239 g/mol. The van der Waals surface area contributed by atoms with Crippen molar-refractivity contribution in [2.45, 2.75) is 44.7 Å². The van der Waals surface area contributed by atoms with Gasteiger partial charge in [-0.25, -0.2) is 0 Å². The fraction of sp³-hybridized carbons (Fsp3) is 0.900. The minimum absolute atomic E-state index is 0.0990. The van der Waals surface area contributed by atoms with E-state index < -0.39 is 24.6 Å². The van der Waals surface area contributed by atoms with Gasteiger partial charge >= 0.3 is 12.1 Å². The number of carboxylic acids is 1. The van der Waals surface area contributed by atoms with Crippen molar-refractivity contribution in [3.63, 3.8) is 0 Å². The number of morpholine rings is 1. The van der Waals surface area contributed by atoms with Crippen LogP contribution in [-0.4, -0.2) is 53.5 Å². The van der Waals surface area contributed by atoms with E-state index in [4.69, 9.17) is 9.84 Å². The highest BCUT2D eigenvalue weighted by atomic mass is 19.4. The molecule has 0 bridgehead atoms. The van der Waals surface area contributed by atoms with Crippen molar-refractivity contribution in [2.75, 3.05) is 13.1 Å². The van der Waals surface area contributed by atoms with Gasteiger partial charge in [0.25, 0.3) is 0 Å². The minimum atomic E-state index is -4.53. The quantitative estimate of drug-likeness (QED) is 0.830. The lowest BCUT2D eigenvalue weighted by molar-refractivity contribution is -0.207. The molecule has 0 aromatic carbocycles. The van der Waals surface area contributed by atoms with Gasteiger partial charge in [-0.2, -0.15) is 13.2 Å². The molecule has 0 spiro atoms. The Labute approximate surface area is 97.3 Å². The molecule has 1 aliphatic heterocycles. The first kappa shape index (κ1) is 14.2. The molecule has 1 heterocycles. The fourth-order valence-electron chi connectivity index (χ4n) is 2.09. The summed E-state index contributed by atoms with van der Waals surface area (Å²) in [5.41, 5.74) is 0. The Morgan fingerprint density at radius 2 is 1.88 bits per heavy atom. The Morgan fingerprint density at radius 1 is 1.41 bits per heavy atom. The largest absolute Gasteiger partial charge is 0.481 e. The van der Waals surface area contributed by atoms with Crippen LogP contribution >= 0.6 is 0 Å². The van der Waals surface area contributed by atoms with Gasteiger partial charge in [0.05, 0.1) is 18.6 Å². The third-order valence-electron chi connectivity index (χ3n) is 2.63. The highest BCUT2D eigenvalue weighted by Gasteiger charge is 2.46. The van der Waals surface area contributed by atoms with E-state index in [9.17, 15) is 18.0 Å². The van der Waals surface area contributed by atoms with Crippen molar-refractivity contribution in [2.24, 2.45) is 0 Å². The van der Waals surface area contributed by atoms with Crippen LogP contribution in [0.4, 0.5) is 13.2 Å². The van der Waals surface area contributed by atoms with Crippen LogP contribution in [-0.2, 0) is 9.53 Å². The molecule has 0 aromatic heterocycles. The molecule has 7 heteroatoms. The van der Waals surface area contributed by atoms with Gasteiger partial charge in [0.1, 0.15) is 6.04 Å². The van der Waals surface area contributed by atoms with Gasteiger partial charge in [-0.3, -0.25) is 9.69 Å². The summed E-state index contributed by atoms with van der Waals surface area (Å²) < 4.78 is 43.6. The lowest BCUT2D eigenvalue weighted by atomic mass is 10.1. The van der Waals surface area contributed by atoms with E-state index in [0.29, 0.717) is 0 Å². The zero-order valence-corrected chi connectivity index (χ0v) is 9.70. The van der Waals surface area contributed by atoms with Gasteiger partial charge in [-0.1, -0.05) is 0 Å². The van der Waals surface area contributed by atoms with E-state index in [0.717, 1.165) is 4.90 Å². The number of nitrogens with zero attached hydrogens (tertiary/aromatic N) is 1. The maximum atomic E-state index is 12.8. The highest BCUT2D eigenvalue weighted by Crippen LogP contribution is 2.29. The number of alkyl halides is 3. The molecule has 3 unspecified atom stereocenters. The summed E-state index contributed by atoms with van der Waals surface area (Å²) in [4.78, 5) is 11.6. The Balaban J connectivity index is 2.78. The summed E-state index contributed by atoms with van der Waals surface area (Å²) >= 11 is 0. The maximum absolute atomic E-state index is 12.8. The van der Waals surface area contributed by atoms with Gasteiger partial charge in [0, 0.05) is 13.1 Å². The lowest BCUT2D eigenvalue weighted by Crippen LogP contribution is -2.55. The van der Waals surface area contributed by atoms with Crippen LogP contribution < -0.4 is 0 Å². The molecule has 4 nitrogen and oxygen atoms in total. The number of rotatable bonds is 3. The normalized spacial score (nSPS) is 29.0. The molecular formula is C10H16F3NO3. The van der Waals surface area contributed by atoms with E-state index in [1.54, 1.807) is 13.8 Å². The Kier molecular flexibility index (Phi) is 4.37. The molecule has 100 valence electrons. The number of halogens is 3. The van der Waals surface area contributed by atoms with E-state index in [1.165, 1.54) is 0 Å². The standard InChI is InChI=1S/C10H16F3NO3/c1-6-4-14(5-7(2)17-6)8(3-9(15)16)10(11,12)13/h6-8H,3-5H2,1-2H3,(H,15,16).